The zero-order chi connectivity index (χ0) is 12.9. The lowest BCUT2D eigenvalue weighted by molar-refractivity contribution is -0.139. The van der Waals surface area contributed by atoms with Crippen molar-refractivity contribution in [1.29, 1.82) is 0 Å². The molecular weight excluding hydrogens is 218 g/mol. The number of aliphatic carboxylic acids is 1. The van der Waals surface area contributed by atoms with E-state index in [0.29, 0.717) is 19.5 Å². The summed E-state index contributed by atoms with van der Waals surface area (Å²) in [7, 11) is 0. The Hall–Kier alpha value is -0.650. The van der Waals surface area contributed by atoms with Crippen molar-refractivity contribution < 1.29 is 9.90 Å². The van der Waals surface area contributed by atoms with Crippen LogP contribution in [0.2, 0.25) is 0 Å². The summed E-state index contributed by atoms with van der Waals surface area (Å²) in [6.45, 7) is 2.03. The van der Waals surface area contributed by atoms with Gasteiger partial charge in [0.1, 0.15) is 6.04 Å². The van der Waals surface area contributed by atoms with Crippen LogP contribution in [0.15, 0.2) is 0 Å². The van der Waals surface area contributed by atoms with Gasteiger partial charge in [0, 0.05) is 0 Å². The maximum absolute atomic E-state index is 10.9. The van der Waals surface area contributed by atoms with Crippen LogP contribution in [0.4, 0.5) is 0 Å². The fraction of sp³-hybridized carbons (Fsp3) is 0.917. The van der Waals surface area contributed by atoms with Crippen LogP contribution in [0.5, 0.6) is 0 Å². The topological polar surface area (TPSA) is 101 Å². The van der Waals surface area contributed by atoms with E-state index in [-0.39, 0.29) is 0 Å². The van der Waals surface area contributed by atoms with E-state index in [9.17, 15) is 4.79 Å². The summed E-state index contributed by atoms with van der Waals surface area (Å²) < 4.78 is 0. The Labute approximate surface area is 104 Å². The quantitative estimate of drug-likeness (QED) is 0.379. The standard InChI is InChI=1S/C12H27N3O2/c13-8-5-3-1-2-4-7-11(12(16)17)15-10-6-9-14/h11,15H,1-10,13-14H2,(H,16,17). The number of nitrogens with two attached hydrogens (primary N) is 2. The van der Waals surface area contributed by atoms with E-state index in [1.807, 2.05) is 0 Å². The molecule has 0 spiro atoms. The van der Waals surface area contributed by atoms with Gasteiger partial charge in [0.05, 0.1) is 0 Å². The average Bonchev–Trinajstić information content (AvgIpc) is 2.31. The molecule has 0 aliphatic rings. The van der Waals surface area contributed by atoms with Gasteiger partial charge in [0.2, 0.25) is 0 Å². The SMILES string of the molecule is NCCCCCCCC(NCCCN)C(=O)O. The molecule has 0 saturated carbocycles. The molecular formula is C12H27N3O2. The first-order valence-electron chi connectivity index (χ1n) is 6.58. The normalized spacial score (nSPS) is 12.6. The molecule has 0 bridgehead atoms. The molecule has 0 aromatic rings. The van der Waals surface area contributed by atoms with Crippen molar-refractivity contribution in [2.24, 2.45) is 11.5 Å². The Morgan fingerprint density at radius 2 is 1.59 bits per heavy atom. The van der Waals surface area contributed by atoms with Crippen LogP contribution in [-0.4, -0.2) is 36.8 Å². The molecule has 0 aliphatic carbocycles. The van der Waals surface area contributed by atoms with Gasteiger partial charge in [0.25, 0.3) is 0 Å². The second-order valence-corrected chi connectivity index (χ2v) is 4.33. The summed E-state index contributed by atoms with van der Waals surface area (Å²) in [6, 6.07) is -0.420. The summed E-state index contributed by atoms with van der Waals surface area (Å²) in [6.07, 6.45) is 6.92. The van der Waals surface area contributed by atoms with Crippen molar-refractivity contribution in [3.8, 4) is 0 Å². The van der Waals surface area contributed by atoms with E-state index in [2.05, 4.69) is 5.32 Å². The molecule has 5 heteroatoms. The molecule has 0 aliphatic heterocycles. The second kappa shape index (κ2) is 11.8. The van der Waals surface area contributed by atoms with Gasteiger partial charge in [-0.3, -0.25) is 4.79 Å². The zero-order valence-corrected chi connectivity index (χ0v) is 10.7. The average molecular weight is 245 g/mol. The highest BCUT2D eigenvalue weighted by atomic mass is 16.4. The molecule has 1 unspecified atom stereocenters. The molecule has 0 aromatic heterocycles. The largest absolute Gasteiger partial charge is 0.480 e. The monoisotopic (exact) mass is 245 g/mol. The summed E-state index contributed by atoms with van der Waals surface area (Å²) in [5.74, 6) is -0.760. The van der Waals surface area contributed by atoms with Crippen molar-refractivity contribution in [1.82, 2.24) is 5.32 Å². The van der Waals surface area contributed by atoms with Crippen LogP contribution in [0.1, 0.15) is 44.9 Å². The number of carboxylic acid groups (broad SMARTS) is 1. The maximum Gasteiger partial charge on any atom is 0.320 e. The van der Waals surface area contributed by atoms with E-state index in [4.69, 9.17) is 16.6 Å². The first kappa shape index (κ1) is 16.4. The van der Waals surface area contributed by atoms with E-state index < -0.39 is 12.0 Å². The van der Waals surface area contributed by atoms with E-state index in [1.54, 1.807) is 0 Å². The molecule has 0 heterocycles. The van der Waals surface area contributed by atoms with Crippen LogP contribution in [0, 0.1) is 0 Å². The Bertz CT molecular complexity index is 189. The Morgan fingerprint density at radius 3 is 2.18 bits per heavy atom. The highest BCUT2D eigenvalue weighted by molar-refractivity contribution is 5.73. The van der Waals surface area contributed by atoms with Crippen molar-refractivity contribution in [3.05, 3.63) is 0 Å². The lowest BCUT2D eigenvalue weighted by Crippen LogP contribution is -2.37. The number of nitrogens with one attached hydrogen (secondary N) is 1. The molecule has 0 amide bonds. The Balaban J connectivity index is 3.52. The molecule has 1 atom stereocenters. The number of unbranched alkanes of at least 4 members (excludes halogenated alkanes) is 4. The Morgan fingerprint density at radius 1 is 1.00 bits per heavy atom. The van der Waals surface area contributed by atoms with Crippen molar-refractivity contribution in [3.63, 3.8) is 0 Å². The van der Waals surface area contributed by atoms with Gasteiger partial charge in [0.15, 0.2) is 0 Å². The second-order valence-electron chi connectivity index (χ2n) is 4.33. The summed E-state index contributed by atoms with van der Waals surface area (Å²) in [5.41, 5.74) is 10.8. The number of carboxylic acids is 1. The minimum absolute atomic E-state index is 0.420. The third kappa shape index (κ3) is 10.2. The third-order valence-electron chi connectivity index (χ3n) is 2.77. The van der Waals surface area contributed by atoms with Crippen LogP contribution >= 0.6 is 0 Å². The molecule has 17 heavy (non-hydrogen) atoms. The van der Waals surface area contributed by atoms with Gasteiger partial charge < -0.3 is 21.9 Å². The fourth-order valence-corrected chi connectivity index (χ4v) is 1.71. The highest BCUT2D eigenvalue weighted by Gasteiger charge is 2.15. The minimum Gasteiger partial charge on any atom is -0.480 e. The summed E-state index contributed by atoms with van der Waals surface area (Å²) in [5, 5.41) is 12.0. The highest BCUT2D eigenvalue weighted by Crippen LogP contribution is 2.07. The van der Waals surface area contributed by atoms with Gasteiger partial charge in [-0.05, 0) is 38.9 Å². The number of rotatable bonds is 12. The molecule has 0 saturated heterocycles. The van der Waals surface area contributed by atoms with Crippen LogP contribution in [-0.2, 0) is 4.79 Å². The van der Waals surface area contributed by atoms with Crippen LogP contribution < -0.4 is 16.8 Å². The minimum atomic E-state index is -0.760. The molecule has 102 valence electrons. The lowest BCUT2D eigenvalue weighted by Gasteiger charge is -2.13. The van der Waals surface area contributed by atoms with E-state index >= 15 is 0 Å². The molecule has 0 fully saturated rings. The fourth-order valence-electron chi connectivity index (χ4n) is 1.71. The lowest BCUT2D eigenvalue weighted by atomic mass is 10.1. The van der Waals surface area contributed by atoms with Gasteiger partial charge in [-0.15, -0.1) is 0 Å². The molecule has 0 aromatic carbocycles. The Kier molecular flexibility index (Phi) is 11.4. The first-order valence-corrected chi connectivity index (χ1v) is 6.58. The molecule has 6 N–H and O–H groups in total. The molecule has 0 rings (SSSR count). The predicted molar refractivity (Wildman–Crippen MR) is 69.9 cm³/mol. The predicted octanol–water partition coefficient (Wildman–Crippen LogP) is 0.677. The molecule has 5 nitrogen and oxygen atoms in total. The number of carbonyl (C=O) groups is 1. The smallest absolute Gasteiger partial charge is 0.320 e. The summed E-state index contributed by atoms with van der Waals surface area (Å²) >= 11 is 0. The van der Waals surface area contributed by atoms with Crippen molar-refractivity contribution in [2.75, 3.05) is 19.6 Å². The van der Waals surface area contributed by atoms with Crippen LogP contribution in [0.3, 0.4) is 0 Å². The van der Waals surface area contributed by atoms with Crippen molar-refractivity contribution >= 4 is 5.97 Å². The van der Waals surface area contributed by atoms with E-state index in [0.717, 1.165) is 45.1 Å². The van der Waals surface area contributed by atoms with Crippen LogP contribution in [0.25, 0.3) is 0 Å². The number of hydrogen-bond donors (Lipinski definition) is 4. The third-order valence-corrected chi connectivity index (χ3v) is 2.77. The first-order chi connectivity index (χ1) is 8.22. The van der Waals surface area contributed by atoms with E-state index in [1.165, 1.54) is 0 Å². The zero-order valence-electron chi connectivity index (χ0n) is 10.7. The van der Waals surface area contributed by atoms with Gasteiger partial charge in [-0.1, -0.05) is 25.7 Å². The van der Waals surface area contributed by atoms with Crippen molar-refractivity contribution in [2.45, 2.75) is 51.0 Å². The van der Waals surface area contributed by atoms with Gasteiger partial charge in [-0.2, -0.15) is 0 Å². The molecule has 0 radical (unpaired) electrons. The van der Waals surface area contributed by atoms with Gasteiger partial charge >= 0.3 is 5.97 Å². The van der Waals surface area contributed by atoms with Gasteiger partial charge in [-0.25, -0.2) is 0 Å². The summed E-state index contributed by atoms with van der Waals surface area (Å²) in [4.78, 5) is 10.9. The number of hydrogen-bond acceptors (Lipinski definition) is 4. The maximum atomic E-state index is 10.9.